The Bertz CT molecular complexity index is 633. The lowest BCUT2D eigenvalue weighted by molar-refractivity contribution is 0.494. The highest BCUT2D eigenvalue weighted by atomic mass is 19.2. The minimum Gasteiger partial charge on any atom is -0.271 e. The summed E-state index contributed by atoms with van der Waals surface area (Å²) in [5.74, 6) is 3.31. The maximum Gasteiger partial charge on any atom is 0.159 e. The molecule has 1 atom stereocenters. The first kappa shape index (κ1) is 15.5. The van der Waals surface area contributed by atoms with Crippen LogP contribution < -0.4 is 11.3 Å². The fraction of sp³-hybridized carbons (Fsp3) is 0.250. The van der Waals surface area contributed by atoms with Crippen molar-refractivity contribution in [3.8, 4) is 0 Å². The van der Waals surface area contributed by atoms with Crippen molar-refractivity contribution in [2.24, 2.45) is 5.84 Å². The monoisotopic (exact) mass is 294 g/mol. The third kappa shape index (κ3) is 3.43. The number of nitrogens with one attached hydrogen (secondary N) is 1. The number of aryl methyl sites for hydroxylation is 2. The third-order valence-corrected chi connectivity index (χ3v) is 3.45. The Morgan fingerprint density at radius 3 is 2.29 bits per heavy atom. The normalized spacial score (nSPS) is 12.5. The summed E-state index contributed by atoms with van der Waals surface area (Å²) >= 11 is 0. The van der Waals surface area contributed by atoms with Gasteiger partial charge in [-0.05, 0) is 55.2 Å². The summed E-state index contributed by atoms with van der Waals surface area (Å²) in [6, 6.07) is 6.38. The van der Waals surface area contributed by atoms with Gasteiger partial charge in [0.25, 0.3) is 0 Å². The summed E-state index contributed by atoms with van der Waals surface area (Å²) in [5.41, 5.74) is 5.10. The summed E-state index contributed by atoms with van der Waals surface area (Å²) < 4.78 is 40.3. The van der Waals surface area contributed by atoms with Crippen LogP contribution in [0.2, 0.25) is 0 Å². The molecule has 2 nitrogen and oxygen atoms in total. The van der Waals surface area contributed by atoms with Gasteiger partial charge in [0.1, 0.15) is 5.82 Å². The molecular formula is C16H17F3N2. The number of hydrogen-bond donors (Lipinski definition) is 2. The lowest BCUT2D eigenvalue weighted by Crippen LogP contribution is -2.31. The minimum atomic E-state index is -0.927. The molecule has 0 aliphatic carbocycles. The Kier molecular flexibility index (Phi) is 4.65. The zero-order valence-corrected chi connectivity index (χ0v) is 11.9. The molecule has 0 bridgehead atoms. The van der Waals surface area contributed by atoms with Gasteiger partial charge in [-0.2, -0.15) is 0 Å². The first-order valence-electron chi connectivity index (χ1n) is 6.59. The van der Waals surface area contributed by atoms with Gasteiger partial charge in [-0.15, -0.1) is 0 Å². The predicted molar refractivity (Wildman–Crippen MR) is 76.0 cm³/mol. The average molecular weight is 294 g/mol. The van der Waals surface area contributed by atoms with E-state index in [0.29, 0.717) is 11.1 Å². The van der Waals surface area contributed by atoms with E-state index in [1.165, 1.54) is 12.1 Å². The molecule has 0 aliphatic rings. The average Bonchev–Trinajstić information content (AvgIpc) is 2.40. The van der Waals surface area contributed by atoms with Crippen LogP contribution in [0, 0.1) is 31.3 Å². The molecular weight excluding hydrogens is 277 g/mol. The molecule has 2 aromatic rings. The molecule has 21 heavy (non-hydrogen) atoms. The summed E-state index contributed by atoms with van der Waals surface area (Å²) in [6.07, 6.45) is 0.258. The minimum absolute atomic E-state index is 0.258. The van der Waals surface area contributed by atoms with Gasteiger partial charge in [0, 0.05) is 5.56 Å². The Balaban J connectivity index is 2.34. The zero-order valence-electron chi connectivity index (χ0n) is 11.9. The third-order valence-electron chi connectivity index (χ3n) is 3.45. The van der Waals surface area contributed by atoms with E-state index in [9.17, 15) is 13.2 Å². The highest BCUT2D eigenvalue weighted by Gasteiger charge is 2.18. The molecule has 2 rings (SSSR count). The van der Waals surface area contributed by atoms with Crippen LogP contribution in [-0.2, 0) is 6.42 Å². The molecule has 0 aromatic heterocycles. The molecule has 5 heteroatoms. The van der Waals surface area contributed by atoms with Crippen LogP contribution in [0.3, 0.4) is 0 Å². The number of rotatable bonds is 4. The highest BCUT2D eigenvalue weighted by Crippen LogP contribution is 2.26. The van der Waals surface area contributed by atoms with Crippen LogP contribution in [0.25, 0.3) is 0 Å². The molecule has 0 aliphatic heterocycles. The van der Waals surface area contributed by atoms with Gasteiger partial charge < -0.3 is 0 Å². The smallest absolute Gasteiger partial charge is 0.159 e. The molecule has 0 saturated heterocycles. The number of hydrazine groups is 1. The van der Waals surface area contributed by atoms with Crippen LogP contribution in [0.5, 0.6) is 0 Å². The number of benzene rings is 2. The zero-order chi connectivity index (χ0) is 15.6. The fourth-order valence-corrected chi connectivity index (χ4v) is 2.51. The van der Waals surface area contributed by atoms with E-state index in [-0.39, 0.29) is 12.2 Å². The van der Waals surface area contributed by atoms with Crippen LogP contribution in [-0.4, -0.2) is 0 Å². The SMILES string of the molecule is Cc1cc(C)c(C(Cc2ccc(F)c(F)c2)NN)c(F)c1. The standard InChI is InChI=1S/C16H17F3N2/c1-9-5-10(2)16(14(19)6-9)15(21-20)8-11-3-4-12(17)13(18)7-11/h3-7,15,21H,8,20H2,1-2H3. The van der Waals surface area contributed by atoms with Crippen molar-refractivity contribution in [3.63, 3.8) is 0 Å². The van der Waals surface area contributed by atoms with E-state index in [1.54, 1.807) is 13.8 Å². The van der Waals surface area contributed by atoms with E-state index in [1.807, 2.05) is 6.07 Å². The molecule has 0 amide bonds. The second kappa shape index (κ2) is 6.28. The van der Waals surface area contributed by atoms with Gasteiger partial charge in [-0.1, -0.05) is 12.1 Å². The summed E-state index contributed by atoms with van der Waals surface area (Å²) in [7, 11) is 0. The first-order chi connectivity index (χ1) is 9.92. The lowest BCUT2D eigenvalue weighted by atomic mass is 9.94. The van der Waals surface area contributed by atoms with E-state index in [0.717, 1.165) is 23.3 Å². The Morgan fingerprint density at radius 1 is 1.00 bits per heavy atom. The van der Waals surface area contributed by atoms with Crippen LogP contribution in [0.15, 0.2) is 30.3 Å². The van der Waals surface area contributed by atoms with E-state index in [2.05, 4.69) is 5.43 Å². The quantitative estimate of drug-likeness (QED) is 0.669. The topological polar surface area (TPSA) is 38.0 Å². The Hall–Kier alpha value is -1.85. The first-order valence-corrected chi connectivity index (χ1v) is 6.59. The maximum absolute atomic E-state index is 14.2. The van der Waals surface area contributed by atoms with Gasteiger partial charge in [0.05, 0.1) is 6.04 Å². The second-order valence-corrected chi connectivity index (χ2v) is 5.15. The van der Waals surface area contributed by atoms with E-state index >= 15 is 0 Å². The molecule has 2 aromatic carbocycles. The molecule has 1 unspecified atom stereocenters. The van der Waals surface area contributed by atoms with Crippen molar-refractivity contribution in [2.75, 3.05) is 0 Å². The van der Waals surface area contributed by atoms with Crippen molar-refractivity contribution < 1.29 is 13.2 Å². The highest BCUT2D eigenvalue weighted by molar-refractivity contribution is 5.35. The van der Waals surface area contributed by atoms with Crippen LogP contribution in [0.1, 0.15) is 28.3 Å². The van der Waals surface area contributed by atoms with Crippen LogP contribution in [0.4, 0.5) is 13.2 Å². The lowest BCUT2D eigenvalue weighted by Gasteiger charge is -2.20. The van der Waals surface area contributed by atoms with Gasteiger partial charge in [0.2, 0.25) is 0 Å². The van der Waals surface area contributed by atoms with Crippen LogP contribution >= 0.6 is 0 Å². The van der Waals surface area contributed by atoms with Crippen molar-refractivity contribution in [1.29, 1.82) is 0 Å². The molecule has 0 heterocycles. The van der Waals surface area contributed by atoms with Crippen molar-refractivity contribution in [2.45, 2.75) is 26.3 Å². The van der Waals surface area contributed by atoms with Gasteiger partial charge >= 0.3 is 0 Å². The predicted octanol–water partition coefficient (Wildman–Crippen LogP) is 3.47. The van der Waals surface area contributed by atoms with E-state index < -0.39 is 17.7 Å². The number of nitrogens with two attached hydrogens (primary N) is 1. The van der Waals surface area contributed by atoms with Gasteiger partial charge in [-0.25, -0.2) is 13.2 Å². The number of hydrogen-bond acceptors (Lipinski definition) is 2. The maximum atomic E-state index is 14.2. The van der Waals surface area contributed by atoms with E-state index in [4.69, 9.17) is 5.84 Å². The molecule has 0 spiro atoms. The van der Waals surface area contributed by atoms with Crippen molar-refractivity contribution in [3.05, 3.63) is 70.0 Å². The summed E-state index contributed by atoms with van der Waals surface area (Å²) in [4.78, 5) is 0. The largest absolute Gasteiger partial charge is 0.271 e. The van der Waals surface area contributed by atoms with Gasteiger partial charge in [-0.3, -0.25) is 11.3 Å². The Morgan fingerprint density at radius 2 is 1.71 bits per heavy atom. The molecule has 0 fully saturated rings. The molecule has 112 valence electrons. The van der Waals surface area contributed by atoms with Gasteiger partial charge in [0.15, 0.2) is 11.6 Å². The molecule has 0 radical (unpaired) electrons. The Labute approximate surface area is 121 Å². The van der Waals surface area contributed by atoms with Crippen molar-refractivity contribution in [1.82, 2.24) is 5.43 Å². The molecule has 3 N–H and O–H groups in total. The number of halogens is 3. The summed E-state index contributed by atoms with van der Waals surface area (Å²) in [5, 5.41) is 0. The summed E-state index contributed by atoms with van der Waals surface area (Å²) in [6.45, 7) is 3.60. The molecule has 0 saturated carbocycles. The second-order valence-electron chi connectivity index (χ2n) is 5.15. The fourth-order valence-electron chi connectivity index (χ4n) is 2.51. The van der Waals surface area contributed by atoms with Crippen molar-refractivity contribution >= 4 is 0 Å².